The number of carbonyl (C=O) groups excluding carboxylic acids is 2. The molecule has 0 rings (SSSR count). The topological polar surface area (TPSA) is 150 Å². The first-order chi connectivity index (χ1) is 9.65. The zero-order chi connectivity index (χ0) is 16.6. The van der Waals surface area contributed by atoms with E-state index in [1.165, 1.54) is 0 Å². The third-order valence-electron chi connectivity index (χ3n) is 2.69. The Bertz CT molecular complexity index is 410. The molecule has 0 bridgehead atoms. The molecule has 0 spiro atoms. The van der Waals surface area contributed by atoms with Gasteiger partial charge >= 0.3 is 18.0 Å². The van der Waals surface area contributed by atoms with Crippen LogP contribution >= 0.6 is 0 Å². The molecule has 0 aromatic heterocycles. The van der Waals surface area contributed by atoms with Crippen molar-refractivity contribution < 1.29 is 29.4 Å². The van der Waals surface area contributed by atoms with Gasteiger partial charge in [0.05, 0.1) is 0 Å². The van der Waals surface area contributed by atoms with Crippen LogP contribution in [0.4, 0.5) is 4.79 Å². The van der Waals surface area contributed by atoms with Crippen LogP contribution in [-0.4, -0.2) is 57.6 Å². The molecule has 3 amide bonds. The van der Waals surface area contributed by atoms with Gasteiger partial charge in [0.25, 0.3) is 0 Å². The number of amides is 3. The fraction of sp³-hybridized carbons (Fsp3) is 0.667. The summed E-state index contributed by atoms with van der Waals surface area (Å²) in [6.07, 6.45) is -0.0885. The van der Waals surface area contributed by atoms with E-state index in [0.29, 0.717) is 0 Å². The Balaban J connectivity index is 4.66. The molecule has 5 N–H and O–H groups in total. The lowest BCUT2D eigenvalue weighted by atomic mass is 10.1. The number of nitrogens with one attached hydrogen (secondary N) is 1. The van der Waals surface area contributed by atoms with E-state index >= 15 is 0 Å². The van der Waals surface area contributed by atoms with Gasteiger partial charge in [-0.05, 0) is 26.7 Å². The van der Waals surface area contributed by atoms with Crippen molar-refractivity contribution in [3.05, 3.63) is 0 Å². The summed E-state index contributed by atoms with van der Waals surface area (Å²) >= 11 is 0. The Morgan fingerprint density at radius 2 is 1.76 bits per heavy atom. The molecule has 0 aliphatic rings. The molecule has 0 fully saturated rings. The molecule has 0 aromatic carbocycles. The van der Waals surface area contributed by atoms with Crippen LogP contribution in [0.1, 0.15) is 33.1 Å². The number of carbonyl (C=O) groups is 4. The van der Waals surface area contributed by atoms with Gasteiger partial charge in [-0.25, -0.2) is 9.59 Å². The highest BCUT2D eigenvalue weighted by atomic mass is 16.4. The van der Waals surface area contributed by atoms with E-state index in [1.807, 2.05) is 0 Å². The maximum atomic E-state index is 12.0. The van der Waals surface area contributed by atoms with Gasteiger partial charge in [-0.2, -0.15) is 0 Å². The molecule has 0 heterocycles. The number of nitrogens with zero attached hydrogens (tertiary/aromatic N) is 1. The molecule has 120 valence electrons. The third-order valence-corrected chi connectivity index (χ3v) is 2.69. The lowest BCUT2D eigenvalue weighted by molar-refractivity contribution is -0.140. The Labute approximate surface area is 122 Å². The van der Waals surface area contributed by atoms with Gasteiger partial charge in [0.1, 0.15) is 12.6 Å². The van der Waals surface area contributed by atoms with Crippen molar-refractivity contribution in [2.24, 2.45) is 5.73 Å². The predicted octanol–water partition coefficient (Wildman–Crippen LogP) is -0.400. The minimum atomic E-state index is -1.27. The molecule has 0 unspecified atom stereocenters. The van der Waals surface area contributed by atoms with Gasteiger partial charge in [-0.15, -0.1) is 0 Å². The quantitative estimate of drug-likeness (QED) is 0.455. The highest BCUT2D eigenvalue weighted by Crippen LogP contribution is 2.05. The molecule has 0 saturated carbocycles. The van der Waals surface area contributed by atoms with Gasteiger partial charge in [-0.1, -0.05) is 0 Å². The number of hydrogen-bond donors (Lipinski definition) is 4. The number of hydrogen-bond acceptors (Lipinski definition) is 4. The average molecular weight is 303 g/mol. The summed E-state index contributed by atoms with van der Waals surface area (Å²) in [6.45, 7) is 2.98. The third kappa shape index (κ3) is 7.75. The Kier molecular flexibility index (Phi) is 7.80. The van der Waals surface area contributed by atoms with Crippen LogP contribution in [0.2, 0.25) is 0 Å². The standard InChI is InChI=1S/C12H21N3O6/c1-7(2)15(6-9(13)16)12(21)14-8(11(19)20)4-3-5-10(17)18/h7-8H,3-6H2,1-2H3,(H2,13,16)(H,14,21)(H,17,18)(H,19,20)/t8-/m1/s1. The molecule has 21 heavy (non-hydrogen) atoms. The molecule has 9 nitrogen and oxygen atoms in total. The highest BCUT2D eigenvalue weighted by Gasteiger charge is 2.25. The molecular formula is C12H21N3O6. The summed E-state index contributed by atoms with van der Waals surface area (Å²) in [5.74, 6) is -3.02. The van der Waals surface area contributed by atoms with E-state index in [4.69, 9.17) is 15.9 Å². The van der Waals surface area contributed by atoms with Crippen LogP contribution in [0.3, 0.4) is 0 Å². The van der Waals surface area contributed by atoms with Crippen molar-refractivity contribution in [2.45, 2.75) is 45.2 Å². The molecule has 0 saturated heterocycles. The number of primary amides is 1. The Morgan fingerprint density at radius 1 is 1.19 bits per heavy atom. The van der Waals surface area contributed by atoms with Crippen LogP contribution in [0, 0.1) is 0 Å². The smallest absolute Gasteiger partial charge is 0.326 e. The maximum Gasteiger partial charge on any atom is 0.326 e. The number of urea groups is 1. The van der Waals surface area contributed by atoms with Crippen molar-refractivity contribution in [1.29, 1.82) is 0 Å². The monoisotopic (exact) mass is 303 g/mol. The highest BCUT2D eigenvalue weighted by molar-refractivity contribution is 5.86. The number of nitrogens with two attached hydrogens (primary N) is 1. The van der Waals surface area contributed by atoms with Gasteiger partial charge in [-0.3, -0.25) is 9.59 Å². The minimum Gasteiger partial charge on any atom is -0.481 e. The molecule has 0 aromatic rings. The zero-order valence-electron chi connectivity index (χ0n) is 12.0. The number of rotatable bonds is 9. The van der Waals surface area contributed by atoms with Gasteiger partial charge < -0.3 is 26.2 Å². The van der Waals surface area contributed by atoms with Crippen LogP contribution in [-0.2, 0) is 14.4 Å². The van der Waals surface area contributed by atoms with Crippen molar-refractivity contribution >= 4 is 23.9 Å². The second-order valence-corrected chi connectivity index (χ2v) is 4.81. The summed E-state index contributed by atoms with van der Waals surface area (Å²) in [6, 6.07) is -2.29. The summed E-state index contributed by atoms with van der Waals surface area (Å²) < 4.78 is 0. The molecule has 9 heteroatoms. The average Bonchev–Trinajstić information content (AvgIpc) is 2.33. The SMILES string of the molecule is CC(C)N(CC(N)=O)C(=O)N[C@H](CCCC(=O)O)C(=O)O. The van der Waals surface area contributed by atoms with E-state index in [2.05, 4.69) is 5.32 Å². The lowest BCUT2D eigenvalue weighted by Crippen LogP contribution is -2.52. The van der Waals surface area contributed by atoms with Gasteiger partial charge in [0.15, 0.2) is 0 Å². The van der Waals surface area contributed by atoms with Crippen molar-refractivity contribution in [3.63, 3.8) is 0 Å². The fourth-order valence-electron chi connectivity index (χ4n) is 1.60. The summed E-state index contributed by atoms with van der Waals surface area (Å²) in [4.78, 5) is 45.4. The molecule has 0 aliphatic heterocycles. The van der Waals surface area contributed by atoms with Crippen molar-refractivity contribution in [3.8, 4) is 0 Å². The minimum absolute atomic E-state index is 0.0180. The molecule has 1 atom stereocenters. The second-order valence-electron chi connectivity index (χ2n) is 4.81. The maximum absolute atomic E-state index is 12.0. The Hall–Kier alpha value is -2.32. The predicted molar refractivity (Wildman–Crippen MR) is 72.5 cm³/mol. The van der Waals surface area contributed by atoms with E-state index in [9.17, 15) is 19.2 Å². The summed E-state index contributed by atoms with van der Waals surface area (Å²) in [7, 11) is 0. The largest absolute Gasteiger partial charge is 0.481 e. The number of aliphatic carboxylic acids is 2. The molecular weight excluding hydrogens is 282 g/mol. The Morgan fingerprint density at radius 3 is 2.14 bits per heavy atom. The first-order valence-corrected chi connectivity index (χ1v) is 6.45. The van der Waals surface area contributed by atoms with Crippen LogP contribution in [0.15, 0.2) is 0 Å². The zero-order valence-corrected chi connectivity index (χ0v) is 12.0. The van der Waals surface area contributed by atoms with E-state index < -0.39 is 29.9 Å². The van der Waals surface area contributed by atoms with E-state index in [0.717, 1.165) is 4.90 Å². The number of carboxylic acid groups (broad SMARTS) is 2. The first-order valence-electron chi connectivity index (χ1n) is 6.45. The molecule has 0 aliphatic carbocycles. The van der Waals surface area contributed by atoms with Crippen LogP contribution in [0.25, 0.3) is 0 Å². The van der Waals surface area contributed by atoms with Crippen molar-refractivity contribution in [1.82, 2.24) is 10.2 Å². The normalized spacial score (nSPS) is 11.8. The van der Waals surface area contributed by atoms with Gasteiger partial charge in [0, 0.05) is 12.5 Å². The number of carboxylic acids is 2. The van der Waals surface area contributed by atoms with Crippen LogP contribution in [0.5, 0.6) is 0 Å². The molecule has 0 radical (unpaired) electrons. The summed E-state index contributed by atoms with van der Waals surface area (Å²) in [5.41, 5.74) is 5.03. The second kappa shape index (κ2) is 8.77. The lowest BCUT2D eigenvalue weighted by Gasteiger charge is -2.27. The van der Waals surface area contributed by atoms with Crippen LogP contribution < -0.4 is 11.1 Å². The van der Waals surface area contributed by atoms with Gasteiger partial charge in [0.2, 0.25) is 5.91 Å². The van der Waals surface area contributed by atoms with E-state index in [-0.39, 0.29) is 31.8 Å². The fourth-order valence-corrected chi connectivity index (χ4v) is 1.60. The van der Waals surface area contributed by atoms with E-state index in [1.54, 1.807) is 13.8 Å². The summed E-state index contributed by atoms with van der Waals surface area (Å²) in [5, 5.41) is 19.8. The van der Waals surface area contributed by atoms with Crippen molar-refractivity contribution in [2.75, 3.05) is 6.54 Å². The first kappa shape index (κ1) is 18.7.